The Morgan fingerprint density at radius 2 is 1.95 bits per heavy atom. The van der Waals surface area contributed by atoms with Crippen molar-refractivity contribution >= 4 is 11.8 Å². The second kappa shape index (κ2) is 14.7. The SMILES string of the molecule is C/C=C(/COc1cc(-n2nc(N)nc2Cc2ccc(OC)c(ONC)c2)nc(C)n1)NC1=NCCCC1.CC. The molecule has 4 N–H and O–H groups in total. The van der Waals surface area contributed by atoms with E-state index < -0.39 is 0 Å². The Kier molecular flexibility index (Phi) is 11.0. The normalized spacial score (nSPS) is 13.2. The number of rotatable bonds is 10. The lowest BCUT2D eigenvalue weighted by atomic mass is 10.1. The lowest BCUT2D eigenvalue weighted by molar-refractivity contribution is 0.212. The first kappa shape index (κ1) is 29.4. The summed E-state index contributed by atoms with van der Waals surface area (Å²) in [6.45, 7) is 8.94. The van der Waals surface area contributed by atoms with Crippen LogP contribution < -0.4 is 30.8 Å². The number of hydroxylamine groups is 1. The quantitative estimate of drug-likeness (QED) is 0.328. The van der Waals surface area contributed by atoms with Crippen molar-refractivity contribution < 1.29 is 14.3 Å². The first-order valence-electron chi connectivity index (χ1n) is 13.2. The Hall–Kier alpha value is -4.19. The lowest BCUT2D eigenvalue weighted by Gasteiger charge is -2.17. The molecule has 2 aromatic heterocycles. The molecule has 0 atom stereocenters. The summed E-state index contributed by atoms with van der Waals surface area (Å²) in [7, 11) is 3.27. The highest BCUT2D eigenvalue weighted by atomic mass is 16.7. The molecule has 0 aliphatic carbocycles. The number of amidine groups is 1. The van der Waals surface area contributed by atoms with Crippen molar-refractivity contribution in [3.63, 3.8) is 0 Å². The van der Waals surface area contributed by atoms with Gasteiger partial charge in [0.2, 0.25) is 11.8 Å². The molecule has 39 heavy (non-hydrogen) atoms. The third-order valence-corrected chi connectivity index (χ3v) is 5.66. The number of nitrogens with one attached hydrogen (secondary N) is 2. The van der Waals surface area contributed by atoms with Crippen LogP contribution in [0.15, 0.2) is 41.0 Å². The van der Waals surface area contributed by atoms with Crippen LogP contribution in [0.4, 0.5) is 5.95 Å². The lowest BCUT2D eigenvalue weighted by Crippen LogP contribution is -2.28. The molecule has 210 valence electrons. The highest BCUT2D eigenvalue weighted by Gasteiger charge is 2.16. The first-order valence-corrected chi connectivity index (χ1v) is 13.2. The second-order valence-electron chi connectivity index (χ2n) is 8.39. The van der Waals surface area contributed by atoms with E-state index in [0.29, 0.717) is 47.9 Å². The largest absolute Gasteiger partial charge is 0.493 e. The van der Waals surface area contributed by atoms with Gasteiger partial charge in [0, 0.05) is 38.2 Å². The highest BCUT2D eigenvalue weighted by Crippen LogP contribution is 2.28. The van der Waals surface area contributed by atoms with E-state index in [-0.39, 0.29) is 5.95 Å². The van der Waals surface area contributed by atoms with Crippen LogP contribution in [0.25, 0.3) is 5.82 Å². The van der Waals surface area contributed by atoms with Crippen molar-refractivity contribution in [1.29, 1.82) is 0 Å². The van der Waals surface area contributed by atoms with E-state index in [1.54, 1.807) is 31.8 Å². The smallest absolute Gasteiger partial charge is 0.240 e. The number of hydrogen-bond acceptors (Lipinski definition) is 11. The van der Waals surface area contributed by atoms with Crippen LogP contribution in [-0.2, 0) is 6.42 Å². The number of nitrogens with two attached hydrogens (primary N) is 1. The third-order valence-electron chi connectivity index (χ3n) is 5.66. The fourth-order valence-corrected chi connectivity index (χ4v) is 3.90. The average molecular weight is 538 g/mol. The summed E-state index contributed by atoms with van der Waals surface area (Å²) >= 11 is 0. The molecule has 0 spiro atoms. The van der Waals surface area contributed by atoms with E-state index in [2.05, 4.69) is 35.8 Å². The number of benzene rings is 1. The number of methoxy groups -OCH3 is 1. The summed E-state index contributed by atoms with van der Waals surface area (Å²) in [6, 6.07) is 7.35. The minimum atomic E-state index is 0.141. The molecule has 1 aliphatic rings. The molecule has 4 rings (SSSR count). The number of aromatic nitrogens is 5. The molecule has 3 aromatic rings. The van der Waals surface area contributed by atoms with Crippen LogP contribution in [0.1, 0.15) is 57.2 Å². The van der Waals surface area contributed by atoms with Gasteiger partial charge in [-0.25, -0.2) is 4.98 Å². The number of allylic oxidation sites excluding steroid dienone is 1. The van der Waals surface area contributed by atoms with Crippen molar-refractivity contribution in [2.45, 2.75) is 53.4 Å². The molecule has 0 fully saturated rings. The van der Waals surface area contributed by atoms with Crippen LogP contribution >= 0.6 is 0 Å². The molecule has 0 saturated heterocycles. The van der Waals surface area contributed by atoms with E-state index >= 15 is 0 Å². The predicted octanol–water partition coefficient (Wildman–Crippen LogP) is 3.54. The molecule has 0 radical (unpaired) electrons. The molecule has 0 saturated carbocycles. The molecule has 0 bridgehead atoms. The summed E-state index contributed by atoms with van der Waals surface area (Å²) in [4.78, 5) is 23.4. The Labute approximate surface area is 229 Å². The van der Waals surface area contributed by atoms with Crippen LogP contribution in [0.5, 0.6) is 17.4 Å². The Balaban J connectivity index is 0.00000205. The molecular weight excluding hydrogens is 498 g/mol. The standard InChI is InChI=1S/C25H33N9O3.C2H6/c1-5-18(31-21-8-6-7-11-28-21)15-36-24-14-23(29-16(2)30-24)34-22(32-25(26)33-34)13-17-9-10-19(35-4)20(12-17)37-27-3;1-2/h5,9-10,12,14,27H,6-8,11,13,15H2,1-4H3,(H2,26,33)(H,28,31);1-2H3/b18-5-;. The Morgan fingerprint density at radius 3 is 2.64 bits per heavy atom. The van der Waals surface area contributed by atoms with Crippen molar-refractivity contribution in [1.82, 2.24) is 35.5 Å². The monoisotopic (exact) mass is 537 g/mol. The van der Waals surface area contributed by atoms with Crippen molar-refractivity contribution in [3.8, 4) is 23.2 Å². The maximum absolute atomic E-state index is 6.01. The molecule has 12 nitrogen and oxygen atoms in total. The maximum atomic E-state index is 6.01. The zero-order valence-corrected chi connectivity index (χ0v) is 23.6. The van der Waals surface area contributed by atoms with Gasteiger partial charge in [0.05, 0.1) is 7.11 Å². The molecule has 0 unspecified atom stereocenters. The number of aliphatic imine (C=N–C) groups is 1. The number of aryl methyl sites for hydroxylation is 1. The van der Waals surface area contributed by atoms with Gasteiger partial charge in [-0.15, -0.1) is 5.10 Å². The van der Waals surface area contributed by atoms with Crippen LogP contribution in [0.2, 0.25) is 0 Å². The molecule has 0 amide bonds. The van der Waals surface area contributed by atoms with Gasteiger partial charge in [0.1, 0.15) is 24.1 Å². The summed E-state index contributed by atoms with van der Waals surface area (Å²) in [5.74, 6) is 4.37. The van der Waals surface area contributed by atoms with E-state index in [0.717, 1.165) is 42.9 Å². The van der Waals surface area contributed by atoms with E-state index in [9.17, 15) is 0 Å². The summed E-state index contributed by atoms with van der Waals surface area (Å²) in [5.41, 5.74) is 10.5. The van der Waals surface area contributed by atoms with Gasteiger partial charge in [-0.1, -0.05) is 26.0 Å². The fourth-order valence-electron chi connectivity index (χ4n) is 3.90. The van der Waals surface area contributed by atoms with Crippen molar-refractivity contribution in [2.75, 3.05) is 33.0 Å². The van der Waals surface area contributed by atoms with Gasteiger partial charge in [-0.2, -0.15) is 20.1 Å². The fraction of sp³-hybridized carbons (Fsp3) is 0.444. The molecule has 1 aromatic carbocycles. The van der Waals surface area contributed by atoms with Crippen LogP contribution in [0, 0.1) is 6.92 Å². The Morgan fingerprint density at radius 1 is 1.13 bits per heavy atom. The maximum Gasteiger partial charge on any atom is 0.240 e. The van der Waals surface area contributed by atoms with E-state index in [1.807, 2.05) is 45.0 Å². The first-order chi connectivity index (χ1) is 19.0. The molecule has 3 heterocycles. The minimum Gasteiger partial charge on any atom is -0.493 e. The van der Waals surface area contributed by atoms with E-state index in [4.69, 9.17) is 20.0 Å². The summed E-state index contributed by atoms with van der Waals surface area (Å²) < 4.78 is 13.0. The average Bonchev–Trinajstić information content (AvgIpc) is 3.32. The zero-order valence-electron chi connectivity index (χ0n) is 23.6. The topological polar surface area (TPSA) is 147 Å². The van der Waals surface area contributed by atoms with Crippen molar-refractivity contribution in [2.24, 2.45) is 4.99 Å². The number of hydrogen-bond donors (Lipinski definition) is 3. The van der Waals surface area contributed by atoms with Crippen LogP contribution in [0.3, 0.4) is 0 Å². The van der Waals surface area contributed by atoms with Gasteiger partial charge >= 0.3 is 0 Å². The predicted molar refractivity (Wildman–Crippen MR) is 151 cm³/mol. The van der Waals surface area contributed by atoms with Gasteiger partial charge in [0.25, 0.3) is 0 Å². The molecule has 12 heteroatoms. The van der Waals surface area contributed by atoms with Crippen LogP contribution in [-0.4, -0.2) is 57.9 Å². The van der Waals surface area contributed by atoms with Gasteiger partial charge in [0.15, 0.2) is 17.3 Å². The van der Waals surface area contributed by atoms with E-state index in [1.165, 1.54) is 0 Å². The number of ether oxygens (including phenoxy) is 2. The number of nitrogen functional groups attached to an aromatic ring is 1. The van der Waals surface area contributed by atoms with Gasteiger partial charge < -0.3 is 25.4 Å². The zero-order chi connectivity index (χ0) is 28.2. The second-order valence-corrected chi connectivity index (χ2v) is 8.39. The highest BCUT2D eigenvalue weighted by molar-refractivity contribution is 5.84. The van der Waals surface area contributed by atoms with Gasteiger partial charge in [-0.3, -0.25) is 4.99 Å². The summed E-state index contributed by atoms with van der Waals surface area (Å²) in [6.07, 6.45) is 5.63. The Bertz CT molecular complexity index is 1290. The number of anilines is 1. The van der Waals surface area contributed by atoms with Crippen molar-refractivity contribution in [3.05, 3.63) is 53.3 Å². The minimum absolute atomic E-state index is 0.141. The third kappa shape index (κ3) is 8.14. The summed E-state index contributed by atoms with van der Waals surface area (Å²) in [5, 5.41) is 7.74. The van der Waals surface area contributed by atoms with Gasteiger partial charge in [-0.05, 0) is 44.4 Å². The molecule has 1 aliphatic heterocycles. The number of nitrogens with zero attached hydrogens (tertiary/aromatic N) is 6. The molecular formula is C27H39N9O3.